The van der Waals surface area contributed by atoms with E-state index in [1.54, 1.807) is 0 Å². The summed E-state index contributed by atoms with van der Waals surface area (Å²) in [5.74, 6) is 0.450. The second kappa shape index (κ2) is 11.6. The zero-order valence-corrected chi connectivity index (χ0v) is 12.2. The molecule has 100 valence electrons. The molecule has 0 saturated carbocycles. The van der Waals surface area contributed by atoms with E-state index in [4.69, 9.17) is 5.73 Å². The van der Waals surface area contributed by atoms with Gasteiger partial charge < -0.3 is 5.73 Å². The van der Waals surface area contributed by atoms with Crippen LogP contribution in [0.25, 0.3) is 0 Å². The van der Waals surface area contributed by atoms with Crippen LogP contribution in [0.2, 0.25) is 0 Å². The predicted octanol–water partition coefficient (Wildman–Crippen LogP) is 3.92. The van der Waals surface area contributed by atoms with Crippen LogP contribution in [0.3, 0.4) is 0 Å². The fourth-order valence-electron chi connectivity index (χ4n) is 0.936. The molecule has 0 aliphatic rings. The van der Waals surface area contributed by atoms with Gasteiger partial charge in [-0.25, -0.2) is 0 Å². The lowest BCUT2D eigenvalue weighted by Gasteiger charge is -1.98. The molecule has 0 aliphatic carbocycles. The summed E-state index contributed by atoms with van der Waals surface area (Å²) in [7, 11) is 0. The first-order chi connectivity index (χ1) is 8.59. The quantitative estimate of drug-likeness (QED) is 0.366. The first-order valence-corrected chi connectivity index (χ1v) is 6.01. The van der Waals surface area contributed by atoms with Gasteiger partial charge in [-0.15, -0.1) is 18.3 Å². The van der Waals surface area contributed by atoms with Crippen LogP contribution in [0.1, 0.15) is 38.8 Å². The van der Waals surface area contributed by atoms with Crippen LogP contribution in [0, 0.1) is 6.92 Å². The molecule has 0 radical (unpaired) electrons. The lowest BCUT2D eigenvalue weighted by Crippen LogP contribution is -2.12. The minimum absolute atomic E-state index is 0.450. The van der Waals surface area contributed by atoms with Crippen molar-refractivity contribution in [2.75, 3.05) is 0 Å². The van der Waals surface area contributed by atoms with E-state index in [9.17, 15) is 0 Å². The maximum Gasteiger partial charge on any atom is 0.153 e. The number of hydrogen-bond donors (Lipinski definition) is 1. The molecule has 0 aliphatic heterocycles. The van der Waals surface area contributed by atoms with E-state index in [2.05, 4.69) is 23.4 Å². The fraction of sp³-hybridized carbons (Fsp3) is 0.333. The fourth-order valence-corrected chi connectivity index (χ4v) is 0.936. The monoisotopic (exact) mass is 247 g/mol. The number of nitrogens with two attached hydrogens (primary N) is 1. The molecule has 0 fully saturated rings. The molecule has 0 unspecified atom stereocenters. The highest BCUT2D eigenvalue weighted by molar-refractivity contribution is 5.97. The summed E-state index contributed by atoms with van der Waals surface area (Å²) in [6.07, 6.45) is 0. The minimum Gasteiger partial charge on any atom is -0.382 e. The Morgan fingerprint density at radius 1 is 1.00 bits per heavy atom. The highest BCUT2D eigenvalue weighted by Crippen LogP contribution is 2.02. The van der Waals surface area contributed by atoms with Crippen molar-refractivity contribution in [1.29, 1.82) is 0 Å². The molecule has 2 N–H and O–H groups in total. The van der Waals surface area contributed by atoms with Crippen molar-refractivity contribution in [2.24, 2.45) is 15.9 Å². The Labute approximate surface area is 111 Å². The van der Waals surface area contributed by atoms with Gasteiger partial charge >= 0.3 is 0 Å². The molecule has 18 heavy (non-hydrogen) atoms. The minimum atomic E-state index is 0.450. The normalized spacial score (nSPS) is 9.28. The van der Waals surface area contributed by atoms with Crippen molar-refractivity contribution in [1.82, 2.24) is 0 Å². The lowest BCUT2D eigenvalue weighted by atomic mass is 10.1. The molecule has 1 rings (SSSR count). The van der Waals surface area contributed by atoms with Crippen molar-refractivity contribution < 1.29 is 0 Å². The predicted molar refractivity (Wildman–Crippen MR) is 83.3 cm³/mol. The summed E-state index contributed by atoms with van der Waals surface area (Å²) in [5, 5.41) is 7.81. The van der Waals surface area contributed by atoms with Gasteiger partial charge in [0.25, 0.3) is 0 Å². The molecular formula is C15H25N3. The number of benzene rings is 1. The van der Waals surface area contributed by atoms with Crippen molar-refractivity contribution in [2.45, 2.75) is 34.6 Å². The lowest BCUT2D eigenvalue weighted by molar-refractivity contribution is 1.20. The Morgan fingerprint density at radius 3 is 1.83 bits per heavy atom. The SMILES string of the molecule is C=C.CC.CC(C)=N/N=C(\N)c1ccc(C)cc1. The summed E-state index contributed by atoms with van der Waals surface area (Å²) < 4.78 is 0. The van der Waals surface area contributed by atoms with Crippen LogP contribution in [-0.2, 0) is 0 Å². The van der Waals surface area contributed by atoms with Crippen molar-refractivity contribution in [3.63, 3.8) is 0 Å². The topological polar surface area (TPSA) is 50.7 Å². The van der Waals surface area contributed by atoms with Gasteiger partial charge in [-0.3, -0.25) is 0 Å². The Kier molecular flexibility index (Phi) is 11.9. The van der Waals surface area contributed by atoms with Gasteiger partial charge in [-0.1, -0.05) is 43.7 Å². The average Bonchev–Trinajstić information content (AvgIpc) is 2.41. The molecule has 3 heteroatoms. The van der Waals surface area contributed by atoms with Crippen LogP contribution in [0.15, 0.2) is 47.6 Å². The standard InChI is InChI=1S/C11H15N3.C2H6.C2H4/c1-8(2)13-14-11(12)10-6-4-9(3)5-7-10;2*1-2/h4-7H,1-3H3,(H2,12,14);1-2H3;1-2H2. The Hall–Kier alpha value is -1.90. The van der Waals surface area contributed by atoms with E-state index in [1.807, 2.05) is 58.9 Å². The second-order valence-corrected chi connectivity index (χ2v) is 3.40. The zero-order valence-electron chi connectivity index (χ0n) is 12.2. The summed E-state index contributed by atoms with van der Waals surface area (Å²) in [4.78, 5) is 0. The van der Waals surface area contributed by atoms with Gasteiger partial charge in [0.15, 0.2) is 5.84 Å². The van der Waals surface area contributed by atoms with E-state index in [-0.39, 0.29) is 0 Å². The Balaban J connectivity index is 0. The number of nitrogens with zero attached hydrogens (tertiary/aromatic N) is 2. The number of hydrogen-bond acceptors (Lipinski definition) is 2. The summed E-state index contributed by atoms with van der Waals surface area (Å²) >= 11 is 0. The van der Waals surface area contributed by atoms with E-state index < -0.39 is 0 Å². The molecule has 0 amide bonds. The van der Waals surface area contributed by atoms with Gasteiger partial charge in [0.2, 0.25) is 0 Å². The molecule has 0 saturated heterocycles. The van der Waals surface area contributed by atoms with Gasteiger partial charge in [0.05, 0.1) is 0 Å². The maximum atomic E-state index is 5.74. The molecule has 1 aromatic carbocycles. The maximum absolute atomic E-state index is 5.74. The molecular weight excluding hydrogens is 222 g/mol. The highest BCUT2D eigenvalue weighted by Gasteiger charge is 1.96. The molecule has 0 spiro atoms. The highest BCUT2D eigenvalue weighted by atomic mass is 15.2. The van der Waals surface area contributed by atoms with E-state index in [1.165, 1.54) is 5.56 Å². The van der Waals surface area contributed by atoms with E-state index in [0.717, 1.165) is 11.3 Å². The van der Waals surface area contributed by atoms with Crippen LogP contribution >= 0.6 is 0 Å². The summed E-state index contributed by atoms with van der Waals surface area (Å²) in [6.45, 7) is 15.8. The first kappa shape index (κ1) is 18.5. The van der Waals surface area contributed by atoms with Crippen LogP contribution in [-0.4, -0.2) is 11.5 Å². The van der Waals surface area contributed by atoms with Gasteiger partial charge in [0.1, 0.15) is 0 Å². The largest absolute Gasteiger partial charge is 0.382 e. The molecule has 0 heterocycles. The van der Waals surface area contributed by atoms with Crippen LogP contribution < -0.4 is 5.73 Å². The van der Waals surface area contributed by atoms with Crippen LogP contribution in [0.4, 0.5) is 0 Å². The third-order valence-corrected chi connectivity index (χ3v) is 1.71. The van der Waals surface area contributed by atoms with E-state index >= 15 is 0 Å². The van der Waals surface area contributed by atoms with Gasteiger partial charge in [-0.05, 0) is 20.8 Å². The summed E-state index contributed by atoms with van der Waals surface area (Å²) in [5.41, 5.74) is 8.73. The van der Waals surface area contributed by atoms with Crippen molar-refractivity contribution in [3.05, 3.63) is 48.6 Å². The Morgan fingerprint density at radius 2 is 1.44 bits per heavy atom. The Bertz CT molecular complexity index is 371. The van der Waals surface area contributed by atoms with Gasteiger partial charge in [0, 0.05) is 11.3 Å². The molecule has 0 aromatic heterocycles. The number of aryl methyl sites for hydroxylation is 1. The summed E-state index contributed by atoms with van der Waals surface area (Å²) in [6, 6.07) is 7.88. The van der Waals surface area contributed by atoms with Gasteiger partial charge in [-0.2, -0.15) is 5.10 Å². The van der Waals surface area contributed by atoms with Crippen LogP contribution in [0.5, 0.6) is 0 Å². The molecule has 0 atom stereocenters. The number of rotatable bonds is 2. The van der Waals surface area contributed by atoms with Crippen molar-refractivity contribution in [3.8, 4) is 0 Å². The third-order valence-electron chi connectivity index (χ3n) is 1.71. The average molecular weight is 247 g/mol. The molecule has 0 bridgehead atoms. The van der Waals surface area contributed by atoms with Crippen molar-refractivity contribution >= 4 is 11.5 Å². The molecule has 3 nitrogen and oxygen atoms in total. The third kappa shape index (κ3) is 8.28. The second-order valence-electron chi connectivity index (χ2n) is 3.40. The molecule has 1 aromatic rings. The smallest absolute Gasteiger partial charge is 0.153 e. The first-order valence-electron chi connectivity index (χ1n) is 6.01. The zero-order chi connectivity index (χ0) is 14.6. The number of amidine groups is 1. The van der Waals surface area contributed by atoms with E-state index in [0.29, 0.717) is 5.84 Å².